The number of rotatable bonds is 5. The van der Waals surface area contributed by atoms with Gasteiger partial charge in [-0.15, -0.1) is 0 Å². The van der Waals surface area contributed by atoms with Gasteiger partial charge in [-0.05, 0) is 27.2 Å². The van der Waals surface area contributed by atoms with Crippen molar-refractivity contribution in [3.05, 3.63) is 26.7 Å². The van der Waals surface area contributed by atoms with Crippen molar-refractivity contribution in [1.82, 2.24) is 18.7 Å². The second-order valence-corrected chi connectivity index (χ2v) is 5.12. The lowest BCUT2D eigenvalue weighted by atomic mass is 10.2. The Balaban J connectivity index is 3.10. The van der Waals surface area contributed by atoms with Crippen molar-refractivity contribution in [1.29, 1.82) is 0 Å². The highest BCUT2D eigenvalue weighted by molar-refractivity contribution is 5.88. The molecule has 0 saturated heterocycles. The molecule has 0 radical (unpaired) electrons. The molecule has 0 aliphatic rings. The Morgan fingerprint density at radius 1 is 1.18 bits per heavy atom. The number of aromatic nitrogens is 4. The number of carbonyl (C=O) groups is 1. The summed E-state index contributed by atoms with van der Waals surface area (Å²) in [5.41, 5.74) is -0.633. The van der Waals surface area contributed by atoms with Crippen molar-refractivity contribution in [3.8, 4) is 0 Å². The molecule has 8 nitrogen and oxygen atoms in total. The van der Waals surface area contributed by atoms with Crippen LogP contribution in [0.25, 0.3) is 11.2 Å². The van der Waals surface area contributed by atoms with Crippen LogP contribution in [0.5, 0.6) is 0 Å². The van der Waals surface area contributed by atoms with Gasteiger partial charge in [0.05, 0.1) is 0 Å². The summed E-state index contributed by atoms with van der Waals surface area (Å²) in [5, 5.41) is 9.29. The molecule has 2 heterocycles. The van der Waals surface area contributed by atoms with Gasteiger partial charge < -0.3 is 9.67 Å². The minimum absolute atomic E-state index is 0.147. The molecule has 2 rings (SSSR count). The van der Waals surface area contributed by atoms with Crippen LogP contribution in [0.15, 0.2) is 9.59 Å². The molecule has 1 unspecified atom stereocenters. The van der Waals surface area contributed by atoms with E-state index in [0.717, 1.165) is 4.57 Å². The molecule has 120 valence electrons. The average Bonchev–Trinajstić information content (AvgIpc) is 2.87. The first-order valence-electron chi connectivity index (χ1n) is 7.37. The topological polar surface area (TPSA) is 99.1 Å². The van der Waals surface area contributed by atoms with Gasteiger partial charge in [0.1, 0.15) is 0 Å². The summed E-state index contributed by atoms with van der Waals surface area (Å²) in [7, 11) is 0. The fourth-order valence-corrected chi connectivity index (χ4v) is 2.58. The number of hydrogen-bond donors (Lipinski definition) is 1. The summed E-state index contributed by atoms with van der Waals surface area (Å²) in [5.74, 6) is -1.44. The molecular formula is C14H20N4O4. The molecule has 0 fully saturated rings. The molecule has 0 aliphatic carbocycles. The minimum Gasteiger partial charge on any atom is -0.475 e. The van der Waals surface area contributed by atoms with Gasteiger partial charge in [-0.2, -0.15) is 0 Å². The zero-order valence-electron chi connectivity index (χ0n) is 13.2. The predicted molar refractivity (Wildman–Crippen MR) is 81.6 cm³/mol. The van der Waals surface area contributed by atoms with Gasteiger partial charge in [0.25, 0.3) is 5.56 Å². The first kappa shape index (κ1) is 16.0. The van der Waals surface area contributed by atoms with Crippen LogP contribution >= 0.6 is 0 Å². The molecular weight excluding hydrogens is 288 g/mol. The second-order valence-electron chi connectivity index (χ2n) is 5.12. The van der Waals surface area contributed by atoms with Gasteiger partial charge in [0.15, 0.2) is 11.2 Å². The quantitative estimate of drug-likeness (QED) is 0.890. The molecule has 0 aliphatic heterocycles. The Morgan fingerprint density at radius 3 is 2.23 bits per heavy atom. The summed E-state index contributed by atoms with van der Waals surface area (Å²) in [6.45, 7) is 7.72. The molecule has 2 aromatic heterocycles. The molecule has 0 spiro atoms. The third-order valence-electron chi connectivity index (χ3n) is 3.92. The lowest BCUT2D eigenvalue weighted by molar-refractivity contribution is 0.0679. The first-order chi connectivity index (χ1) is 10.4. The van der Waals surface area contributed by atoms with Crippen molar-refractivity contribution in [3.63, 3.8) is 0 Å². The Hall–Kier alpha value is -2.38. The van der Waals surface area contributed by atoms with Crippen LogP contribution in [0.1, 0.15) is 50.8 Å². The molecule has 0 aromatic carbocycles. The fourth-order valence-electron chi connectivity index (χ4n) is 2.58. The van der Waals surface area contributed by atoms with Gasteiger partial charge >= 0.3 is 11.7 Å². The maximum absolute atomic E-state index is 12.6. The van der Waals surface area contributed by atoms with Gasteiger partial charge in [0.2, 0.25) is 5.82 Å². The van der Waals surface area contributed by atoms with E-state index in [-0.39, 0.29) is 36.1 Å². The standard InChI is InChI=1S/C14H20N4O4/c1-5-8(4)18-10-9(12(19)17(7-3)14(18)22)16(6-2)11(15-10)13(20)21/h8H,5-7H2,1-4H3,(H,20,21). The molecule has 1 N–H and O–H groups in total. The Morgan fingerprint density at radius 2 is 1.77 bits per heavy atom. The lowest BCUT2D eigenvalue weighted by Crippen LogP contribution is -2.41. The maximum atomic E-state index is 12.6. The van der Waals surface area contributed by atoms with Crippen LogP contribution in [-0.2, 0) is 13.1 Å². The number of aromatic carboxylic acids is 1. The highest BCUT2D eigenvalue weighted by atomic mass is 16.4. The molecule has 0 amide bonds. The molecule has 1 atom stereocenters. The van der Waals surface area contributed by atoms with Crippen molar-refractivity contribution in [2.75, 3.05) is 0 Å². The zero-order chi connectivity index (χ0) is 16.6. The molecule has 2 aromatic rings. The normalized spacial score (nSPS) is 12.7. The maximum Gasteiger partial charge on any atom is 0.372 e. The molecule has 22 heavy (non-hydrogen) atoms. The number of nitrogens with zero attached hydrogens (tertiary/aromatic N) is 4. The van der Waals surface area contributed by atoms with Crippen LogP contribution in [-0.4, -0.2) is 29.8 Å². The summed E-state index contributed by atoms with van der Waals surface area (Å²) < 4.78 is 3.89. The van der Waals surface area contributed by atoms with E-state index < -0.39 is 17.2 Å². The molecule has 0 saturated carbocycles. The third kappa shape index (κ3) is 2.15. The van der Waals surface area contributed by atoms with Crippen LogP contribution < -0.4 is 11.2 Å². The number of aryl methyl sites for hydroxylation is 1. The average molecular weight is 308 g/mol. The van der Waals surface area contributed by atoms with Gasteiger partial charge in [-0.3, -0.25) is 13.9 Å². The number of hydrogen-bond acceptors (Lipinski definition) is 4. The summed E-state index contributed by atoms with van der Waals surface area (Å²) >= 11 is 0. The third-order valence-corrected chi connectivity index (χ3v) is 3.92. The number of carboxylic acids is 1. The predicted octanol–water partition coefficient (Wildman–Crippen LogP) is 1.07. The van der Waals surface area contributed by atoms with Gasteiger partial charge in [-0.1, -0.05) is 6.92 Å². The molecule has 8 heteroatoms. The highest BCUT2D eigenvalue weighted by Crippen LogP contribution is 2.17. The van der Waals surface area contributed by atoms with E-state index in [9.17, 15) is 19.5 Å². The summed E-state index contributed by atoms with van der Waals surface area (Å²) in [4.78, 5) is 40.5. The van der Waals surface area contributed by atoms with E-state index >= 15 is 0 Å². The van der Waals surface area contributed by atoms with E-state index in [1.165, 1.54) is 9.13 Å². The Labute approximate surface area is 126 Å². The Bertz CT molecular complexity index is 843. The van der Waals surface area contributed by atoms with E-state index in [2.05, 4.69) is 4.98 Å². The number of imidazole rings is 1. The minimum atomic E-state index is -1.22. The van der Waals surface area contributed by atoms with Crippen molar-refractivity contribution < 1.29 is 9.90 Å². The Kier molecular flexibility index (Phi) is 4.20. The molecule has 0 bridgehead atoms. The fraction of sp³-hybridized carbons (Fsp3) is 0.571. The number of carboxylic acid groups (broad SMARTS) is 1. The van der Waals surface area contributed by atoms with E-state index in [1.54, 1.807) is 13.8 Å². The first-order valence-corrected chi connectivity index (χ1v) is 7.37. The van der Waals surface area contributed by atoms with E-state index in [4.69, 9.17) is 0 Å². The SMILES string of the molecule is CCC(C)n1c(=O)n(CC)c(=O)c2c1nc(C(=O)O)n2CC. The largest absolute Gasteiger partial charge is 0.475 e. The van der Waals surface area contributed by atoms with Crippen LogP contribution in [0.2, 0.25) is 0 Å². The summed E-state index contributed by atoms with van der Waals surface area (Å²) in [6, 6.07) is -0.185. The highest BCUT2D eigenvalue weighted by Gasteiger charge is 2.24. The van der Waals surface area contributed by atoms with Gasteiger partial charge in [0, 0.05) is 19.1 Å². The van der Waals surface area contributed by atoms with Crippen molar-refractivity contribution in [2.24, 2.45) is 0 Å². The van der Waals surface area contributed by atoms with E-state index in [0.29, 0.717) is 6.42 Å². The van der Waals surface area contributed by atoms with Crippen molar-refractivity contribution >= 4 is 17.1 Å². The van der Waals surface area contributed by atoms with Crippen LogP contribution in [0, 0.1) is 0 Å². The summed E-state index contributed by atoms with van der Waals surface area (Å²) in [6.07, 6.45) is 0.665. The van der Waals surface area contributed by atoms with Gasteiger partial charge in [-0.25, -0.2) is 14.6 Å². The smallest absolute Gasteiger partial charge is 0.372 e. The number of fused-ring (bicyclic) bond motifs is 1. The van der Waals surface area contributed by atoms with E-state index in [1.807, 2.05) is 13.8 Å². The van der Waals surface area contributed by atoms with Crippen molar-refractivity contribution in [2.45, 2.75) is 53.2 Å². The second kappa shape index (κ2) is 5.78. The van der Waals surface area contributed by atoms with Crippen LogP contribution in [0.4, 0.5) is 0 Å². The zero-order valence-corrected chi connectivity index (χ0v) is 13.2. The van der Waals surface area contributed by atoms with Crippen LogP contribution in [0.3, 0.4) is 0 Å². The lowest BCUT2D eigenvalue weighted by Gasteiger charge is -2.15. The monoisotopic (exact) mass is 308 g/mol.